The molecule has 0 amide bonds. The Labute approximate surface area is 157 Å². The average Bonchev–Trinajstić information content (AvgIpc) is 3.15. The van der Waals surface area contributed by atoms with Crippen molar-refractivity contribution in [1.82, 2.24) is 9.99 Å². The normalized spacial score (nSPS) is 20.5. The van der Waals surface area contributed by atoms with Crippen LogP contribution in [0.2, 0.25) is 0 Å². The van der Waals surface area contributed by atoms with Crippen LogP contribution < -0.4 is 4.74 Å². The van der Waals surface area contributed by atoms with E-state index >= 15 is 0 Å². The van der Waals surface area contributed by atoms with E-state index in [0.29, 0.717) is 6.42 Å². The van der Waals surface area contributed by atoms with Crippen LogP contribution in [-0.4, -0.2) is 20.8 Å². The second kappa shape index (κ2) is 6.13. The number of phenolic OH excluding ortho intramolecular Hbond substituents is 1. The van der Waals surface area contributed by atoms with Crippen LogP contribution in [0.3, 0.4) is 0 Å². The predicted molar refractivity (Wildman–Crippen MR) is 103 cm³/mol. The molecule has 5 heteroatoms. The molecule has 0 radical (unpaired) electrons. The Bertz CT molecular complexity index is 1030. The van der Waals surface area contributed by atoms with Gasteiger partial charge >= 0.3 is 0 Å². The Kier molecular flexibility index (Phi) is 3.60. The fourth-order valence-corrected chi connectivity index (χ4v) is 3.80. The van der Waals surface area contributed by atoms with E-state index in [1.165, 1.54) is 0 Å². The molecule has 2 atom stereocenters. The number of phenols is 1. The molecule has 0 saturated carbocycles. The fourth-order valence-electron chi connectivity index (χ4n) is 3.80. The monoisotopic (exact) mass is 357 g/mol. The number of aryl methyl sites for hydroxylation is 1. The third kappa shape index (κ3) is 2.63. The zero-order valence-electron chi connectivity index (χ0n) is 14.9. The van der Waals surface area contributed by atoms with E-state index in [9.17, 15) is 5.11 Å². The molecular weight excluding hydrogens is 338 g/mol. The summed E-state index contributed by atoms with van der Waals surface area (Å²) >= 11 is 0. The Morgan fingerprint density at radius 2 is 1.93 bits per heavy atom. The van der Waals surface area contributed by atoms with Crippen molar-refractivity contribution in [1.29, 1.82) is 0 Å². The number of rotatable bonds is 2. The molecule has 5 nitrogen and oxygen atoms in total. The highest BCUT2D eigenvalue weighted by molar-refractivity contribution is 6.04. The summed E-state index contributed by atoms with van der Waals surface area (Å²) < 4.78 is 6.26. The maximum Gasteiger partial charge on any atom is 0.230 e. The molecule has 1 N–H and O–H groups in total. The summed E-state index contributed by atoms with van der Waals surface area (Å²) in [5.74, 6) is 1.11. The van der Waals surface area contributed by atoms with E-state index in [0.717, 1.165) is 33.8 Å². The van der Waals surface area contributed by atoms with Crippen LogP contribution in [0, 0.1) is 6.92 Å². The standard InChI is InChI=1S/C22H19N3O2/c1-14-9-10-20(26)16(12-14)18-13-19-15-6-2-3-8-21(15)27-22(25(19)24-18)17-7-4-5-11-23-17/h2-12,19,22,26H,13H2,1H3/t19-,22+/m0/s1. The van der Waals surface area contributed by atoms with Gasteiger partial charge in [-0.05, 0) is 37.3 Å². The van der Waals surface area contributed by atoms with Gasteiger partial charge in [0.1, 0.15) is 17.2 Å². The minimum absolute atomic E-state index is 0.0527. The van der Waals surface area contributed by atoms with Gasteiger partial charge < -0.3 is 9.84 Å². The molecule has 0 bridgehead atoms. The second-order valence-electron chi connectivity index (χ2n) is 6.93. The molecule has 0 saturated heterocycles. The molecule has 2 aliphatic heterocycles. The van der Waals surface area contributed by atoms with E-state index in [1.54, 1.807) is 12.3 Å². The van der Waals surface area contributed by atoms with Gasteiger partial charge in [0.25, 0.3) is 0 Å². The third-order valence-corrected chi connectivity index (χ3v) is 5.10. The number of ether oxygens (including phenoxy) is 1. The second-order valence-corrected chi connectivity index (χ2v) is 6.93. The molecule has 3 heterocycles. The molecule has 5 rings (SSSR count). The van der Waals surface area contributed by atoms with Gasteiger partial charge in [-0.2, -0.15) is 5.10 Å². The van der Waals surface area contributed by atoms with Gasteiger partial charge in [-0.15, -0.1) is 0 Å². The predicted octanol–water partition coefficient (Wildman–Crippen LogP) is 4.34. The number of aromatic nitrogens is 1. The first-order chi connectivity index (χ1) is 13.2. The van der Waals surface area contributed by atoms with Crippen molar-refractivity contribution in [2.24, 2.45) is 5.10 Å². The third-order valence-electron chi connectivity index (χ3n) is 5.10. The largest absolute Gasteiger partial charge is 0.507 e. The summed E-state index contributed by atoms with van der Waals surface area (Å²) in [7, 11) is 0. The van der Waals surface area contributed by atoms with Crippen LogP contribution in [0.5, 0.6) is 11.5 Å². The van der Waals surface area contributed by atoms with E-state index in [4.69, 9.17) is 9.84 Å². The fraction of sp³-hybridized carbons (Fsp3) is 0.182. The highest BCUT2D eigenvalue weighted by Crippen LogP contribution is 2.47. The van der Waals surface area contributed by atoms with Crippen LogP contribution in [0.25, 0.3) is 0 Å². The minimum atomic E-state index is -0.393. The molecule has 2 aromatic carbocycles. The summed E-state index contributed by atoms with van der Waals surface area (Å²) in [6, 6.07) is 19.5. The van der Waals surface area contributed by atoms with E-state index in [1.807, 2.05) is 60.5 Å². The van der Waals surface area contributed by atoms with Crippen molar-refractivity contribution in [3.63, 3.8) is 0 Å². The van der Waals surface area contributed by atoms with Crippen molar-refractivity contribution in [3.8, 4) is 11.5 Å². The topological polar surface area (TPSA) is 58.0 Å². The molecule has 0 fully saturated rings. The molecular formula is C22H19N3O2. The first kappa shape index (κ1) is 15.9. The summed E-state index contributed by atoms with van der Waals surface area (Å²) in [5.41, 5.74) is 4.66. The van der Waals surface area contributed by atoms with E-state index in [2.05, 4.69) is 11.1 Å². The lowest BCUT2D eigenvalue weighted by molar-refractivity contribution is -0.0218. The van der Waals surface area contributed by atoms with Crippen molar-refractivity contribution in [2.75, 3.05) is 0 Å². The van der Waals surface area contributed by atoms with Crippen LogP contribution in [0.1, 0.15) is 41.1 Å². The number of fused-ring (bicyclic) bond motifs is 3. The van der Waals surface area contributed by atoms with Crippen molar-refractivity contribution in [3.05, 3.63) is 89.2 Å². The summed E-state index contributed by atoms with van der Waals surface area (Å²) in [6.07, 6.45) is 2.08. The van der Waals surface area contributed by atoms with E-state index in [-0.39, 0.29) is 11.8 Å². The van der Waals surface area contributed by atoms with Gasteiger partial charge in [-0.3, -0.25) is 4.98 Å². The quantitative estimate of drug-likeness (QED) is 0.741. The number of hydrogen-bond donors (Lipinski definition) is 1. The number of hydrogen-bond acceptors (Lipinski definition) is 5. The van der Waals surface area contributed by atoms with Gasteiger partial charge in [0.05, 0.1) is 11.8 Å². The Hall–Kier alpha value is -3.34. The molecule has 27 heavy (non-hydrogen) atoms. The number of hydrazone groups is 1. The zero-order valence-corrected chi connectivity index (χ0v) is 14.9. The van der Waals surface area contributed by atoms with Gasteiger partial charge in [-0.1, -0.05) is 35.9 Å². The Balaban J connectivity index is 1.62. The van der Waals surface area contributed by atoms with Crippen LogP contribution in [0.4, 0.5) is 0 Å². The van der Waals surface area contributed by atoms with Gasteiger partial charge in [0.15, 0.2) is 0 Å². The smallest absolute Gasteiger partial charge is 0.230 e. The van der Waals surface area contributed by atoms with E-state index < -0.39 is 6.23 Å². The highest BCUT2D eigenvalue weighted by atomic mass is 16.5. The maximum atomic E-state index is 10.4. The lowest BCUT2D eigenvalue weighted by Crippen LogP contribution is -2.34. The number of benzene rings is 2. The Morgan fingerprint density at radius 3 is 2.78 bits per heavy atom. The summed E-state index contributed by atoms with van der Waals surface area (Å²) in [6.45, 7) is 2.01. The van der Waals surface area contributed by atoms with Gasteiger partial charge in [0.2, 0.25) is 6.23 Å². The first-order valence-corrected chi connectivity index (χ1v) is 9.03. The molecule has 0 aliphatic carbocycles. The summed E-state index contributed by atoms with van der Waals surface area (Å²) in [5, 5.41) is 17.2. The average molecular weight is 357 g/mol. The zero-order chi connectivity index (χ0) is 18.4. The summed E-state index contributed by atoms with van der Waals surface area (Å²) in [4.78, 5) is 4.48. The number of para-hydroxylation sites is 1. The van der Waals surface area contributed by atoms with Crippen molar-refractivity contribution < 1.29 is 9.84 Å². The molecule has 134 valence electrons. The maximum absolute atomic E-state index is 10.4. The molecule has 2 aliphatic rings. The minimum Gasteiger partial charge on any atom is -0.507 e. The molecule has 0 spiro atoms. The lowest BCUT2D eigenvalue weighted by atomic mass is 9.95. The SMILES string of the molecule is Cc1ccc(O)c(C2=NN3[C@@H](c4ccccn4)Oc4ccccc4[C@@H]3C2)c1. The van der Waals surface area contributed by atoms with Crippen LogP contribution >= 0.6 is 0 Å². The van der Waals surface area contributed by atoms with Crippen LogP contribution in [0.15, 0.2) is 72.0 Å². The van der Waals surface area contributed by atoms with Gasteiger partial charge in [0, 0.05) is 23.7 Å². The first-order valence-electron chi connectivity index (χ1n) is 9.03. The van der Waals surface area contributed by atoms with Crippen molar-refractivity contribution in [2.45, 2.75) is 25.6 Å². The van der Waals surface area contributed by atoms with Gasteiger partial charge in [-0.25, -0.2) is 5.01 Å². The molecule has 3 aromatic rings. The van der Waals surface area contributed by atoms with Crippen LogP contribution in [-0.2, 0) is 0 Å². The molecule has 1 aromatic heterocycles. The number of pyridine rings is 1. The van der Waals surface area contributed by atoms with Crippen molar-refractivity contribution >= 4 is 5.71 Å². The highest BCUT2D eigenvalue weighted by Gasteiger charge is 2.41. The molecule has 0 unspecified atom stereocenters. The number of nitrogens with zero attached hydrogens (tertiary/aromatic N) is 3. The number of aromatic hydroxyl groups is 1. The lowest BCUT2D eigenvalue weighted by Gasteiger charge is -2.37. The Morgan fingerprint density at radius 1 is 1.07 bits per heavy atom.